The number of benzene rings is 1. The van der Waals surface area contributed by atoms with Gasteiger partial charge in [0, 0.05) is 11.8 Å². The Morgan fingerprint density at radius 2 is 1.68 bits per heavy atom. The summed E-state index contributed by atoms with van der Waals surface area (Å²) < 4.78 is 22.1. The van der Waals surface area contributed by atoms with Crippen LogP contribution in [0, 0.1) is 0 Å². The van der Waals surface area contributed by atoms with Gasteiger partial charge in [-0.1, -0.05) is 0 Å². The summed E-state index contributed by atoms with van der Waals surface area (Å²) in [7, 11) is -3.42. The number of fused-ring (bicyclic) bond motifs is 1. The van der Waals surface area contributed by atoms with Crippen LogP contribution >= 0.6 is 0 Å². The summed E-state index contributed by atoms with van der Waals surface area (Å²) in [6.45, 7) is 0. The molecule has 100 valence electrons. The van der Waals surface area contributed by atoms with E-state index < -0.39 is 32.5 Å². The fourth-order valence-electron chi connectivity index (χ4n) is 1.61. The molecule has 0 saturated carbocycles. The zero-order valence-electron chi connectivity index (χ0n) is 9.89. The highest BCUT2D eigenvalue weighted by atomic mass is 32.2. The number of aromatic nitrogens is 2. The third-order valence-electron chi connectivity index (χ3n) is 2.44. The molecule has 8 heteroatoms. The molecule has 0 spiro atoms. The number of sulfone groups is 1. The van der Waals surface area contributed by atoms with E-state index in [4.69, 9.17) is 0 Å². The number of carbonyl (C=O) groups is 1. The van der Waals surface area contributed by atoms with Crippen molar-refractivity contribution in [2.75, 3.05) is 12.0 Å². The van der Waals surface area contributed by atoms with Crippen LogP contribution in [-0.4, -0.2) is 36.2 Å². The third-order valence-corrected chi connectivity index (χ3v) is 3.22. The van der Waals surface area contributed by atoms with Gasteiger partial charge in [-0.3, -0.25) is 14.4 Å². The van der Waals surface area contributed by atoms with Crippen LogP contribution < -0.4 is 11.1 Å². The molecule has 19 heavy (non-hydrogen) atoms. The van der Waals surface area contributed by atoms with Crippen molar-refractivity contribution in [2.45, 2.75) is 0 Å². The number of hydrogen-bond acceptors (Lipinski definition) is 5. The zero-order valence-corrected chi connectivity index (χ0v) is 10.7. The highest BCUT2D eigenvalue weighted by molar-refractivity contribution is 7.91. The van der Waals surface area contributed by atoms with E-state index in [0.717, 1.165) is 6.26 Å². The molecular weight excluding hydrogens is 272 g/mol. The molecule has 0 unspecified atom stereocenters. The van der Waals surface area contributed by atoms with Crippen LogP contribution in [0.5, 0.6) is 0 Å². The average Bonchev–Trinajstić information content (AvgIpc) is 2.27. The van der Waals surface area contributed by atoms with Crippen molar-refractivity contribution in [3.8, 4) is 0 Å². The molecule has 0 radical (unpaired) electrons. The minimum atomic E-state index is -3.42. The lowest BCUT2D eigenvalue weighted by atomic mass is 10.1. The molecule has 0 aliphatic rings. The number of hydrogen-bond donors (Lipinski definition) is 2. The van der Waals surface area contributed by atoms with Gasteiger partial charge in [-0.05, 0) is 18.2 Å². The third kappa shape index (κ3) is 2.97. The number of aromatic amines is 2. The monoisotopic (exact) mass is 282 g/mol. The first kappa shape index (κ1) is 13.2. The molecule has 0 aliphatic heterocycles. The van der Waals surface area contributed by atoms with E-state index in [9.17, 15) is 22.8 Å². The van der Waals surface area contributed by atoms with Gasteiger partial charge in [-0.25, -0.2) is 8.42 Å². The molecule has 1 aromatic carbocycles. The molecular formula is C11H10N2O5S. The number of Topliss-reactive ketones (excluding diaryl/α,β-unsaturated/α-hetero) is 1. The second-order valence-electron chi connectivity index (χ2n) is 4.16. The Balaban J connectivity index is 2.53. The SMILES string of the molecule is CS(=O)(=O)CC(=O)c1ccc2[nH]c(=O)c(=O)[nH]c2c1. The van der Waals surface area contributed by atoms with Crippen LogP contribution in [0.4, 0.5) is 0 Å². The van der Waals surface area contributed by atoms with Gasteiger partial charge in [0.05, 0.1) is 11.0 Å². The Hall–Kier alpha value is -2.22. The van der Waals surface area contributed by atoms with E-state index in [2.05, 4.69) is 9.97 Å². The number of ketones is 1. The molecule has 1 aromatic heterocycles. The van der Waals surface area contributed by atoms with Crippen molar-refractivity contribution in [3.63, 3.8) is 0 Å². The molecule has 1 heterocycles. The lowest BCUT2D eigenvalue weighted by Gasteiger charge is -2.02. The van der Waals surface area contributed by atoms with Gasteiger partial charge < -0.3 is 9.97 Å². The highest BCUT2D eigenvalue weighted by Gasteiger charge is 2.14. The Morgan fingerprint density at radius 3 is 2.26 bits per heavy atom. The van der Waals surface area contributed by atoms with E-state index in [1.807, 2.05) is 0 Å². The minimum Gasteiger partial charge on any atom is -0.316 e. The van der Waals surface area contributed by atoms with E-state index in [0.29, 0.717) is 5.52 Å². The lowest BCUT2D eigenvalue weighted by Crippen LogP contribution is -2.29. The van der Waals surface area contributed by atoms with Gasteiger partial charge in [-0.15, -0.1) is 0 Å². The maximum absolute atomic E-state index is 11.7. The summed E-state index contributed by atoms with van der Waals surface area (Å²) in [6.07, 6.45) is 0.964. The minimum absolute atomic E-state index is 0.153. The summed E-state index contributed by atoms with van der Waals surface area (Å²) in [5.74, 6) is -1.18. The van der Waals surface area contributed by atoms with Crippen LogP contribution in [0.2, 0.25) is 0 Å². The Morgan fingerprint density at radius 1 is 1.11 bits per heavy atom. The second kappa shape index (κ2) is 4.47. The molecule has 0 aliphatic carbocycles. The van der Waals surface area contributed by atoms with Gasteiger partial charge in [0.2, 0.25) is 0 Å². The molecule has 7 nitrogen and oxygen atoms in total. The van der Waals surface area contributed by atoms with Crippen molar-refractivity contribution < 1.29 is 13.2 Å². The Labute approximate surface area is 107 Å². The van der Waals surface area contributed by atoms with Crippen LogP contribution in [0.25, 0.3) is 11.0 Å². The van der Waals surface area contributed by atoms with Gasteiger partial charge >= 0.3 is 11.1 Å². The second-order valence-corrected chi connectivity index (χ2v) is 6.30. The smallest absolute Gasteiger partial charge is 0.314 e. The number of carbonyl (C=O) groups excluding carboxylic acids is 1. The van der Waals surface area contributed by atoms with Crippen LogP contribution in [0.3, 0.4) is 0 Å². The van der Waals surface area contributed by atoms with Crippen LogP contribution in [0.1, 0.15) is 10.4 Å². The first-order chi connectivity index (χ1) is 8.76. The summed E-state index contributed by atoms with van der Waals surface area (Å²) in [5.41, 5.74) is -0.840. The van der Waals surface area contributed by atoms with E-state index in [-0.39, 0.29) is 11.1 Å². The van der Waals surface area contributed by atoms with Crippen LogP contribution in [0.15, 0.2) is 27.8 Å². The molecule has 0 amide bonds. The van der Waals surface area contributed by atoms with Crippen molar-refractivity contribution in [1.29, 1.82) is 0 Å². The van der Waals surface area contributed by atoms with Gasteiger partial charge in [0.1, 0.15) is 5.75 Å². The normalized spacial score (nSPS) is 11.6. The molecule has 0 fully saturated rings. The van der Waals surface area contributed by atoms with E-state index in [1.165, 1.54) is 18.2 Å². The molecule has 0 bridgehead atoms. The quantitative estimate of drug-likeness (QED) is 0.578. The molecule has 0 atom stereocenters. The fourth-order valence-corrected chi connectivity index (χ4v) is 2.25. The van der Waals surface area contributed by atoms with Crippen molar-refractivity contribution in [1.82, 2.24) is 9.97 Å². The Kier molecular flexibility index (Phi) is 3.11. The first-order valence-electron chi connectivity index (χ1n) is 5.23. The van der Waals surface area contributed by atoms with E-state index >= 15 is 0 Å². The predicted octanol–water partition coefficient (Wildman–Crippen LogP) is -0.556. The fraction of sp³-hybridized carbons (Fsp3) is 0.182. The lowest BCUT2D eigenvalue weighted by molar-refractivity contribution is 0.102. The summed E-state index contributed by atoms with van der Waals surface area (Å²) in [6, 6.07) is 4.16. The number of rotatable bonds is 3. The van der Waals surface area contributed by atoms with Gasteiger partial charge in [0.25, 0.3) is 0 Å². The number of nitrogens with one attached hydrogen (secondary N) is 2. The summed E-state index contributed by atoms with van der Waals surface area (Å²) in [4.78, 5) is 38.6. The predicted molar refractivity (Wildman–Crippen MR) is 69.2 cm³/mol. The maximum Gasteiger partial charge on any atom is 0.314 e. The van der Waals surface area contributed by atoms with Crippen molar-refractivity contribution >= 4 is 26.7 Å². The maximum atomic E-state index is 11.7. The molecule has 2 N–H and O–H groups in total. The molecule has 0 saturated heterocycles. The Bertz CT molecular complexity index is 876. The first-order valence-corrected chi connectivity index (χ1v) is 7.29. The zero-order chi connectivity index (χ0) is 14.2. The number of H-pyrrole nitrogens is 2. The average molecular weight is 282 g/mol. The van der Waals surface area contributed by atoms with Gasteiger partial charge in [-0.2, -0.15) is 0 Å². The summed E-state index contributed by atoms with van der Waals surface area (Å²) in [5, 5.41) is 0. The molecule has 2 rings (SSSR count). The largest absolute Gasteiger partial charge is 0.316 e. The van der Waals surface area contributed by atoms with Crippen molar-refractivity contribution in [2.24, 2.45) is 0 Å². The highest BCUT2D eigenvalue weighted by Crippen LogP contribution is 2.10. The topological polar surface area (TPSA) is 117 Å². The van der Waals surface area contributed by atoms with Crippen molar-refractivity contribution in [3.05, 3.63) is 44.5 Å². The standard InChI is InChI=1S/C11H10N2O5S/c1-19(17,18)5-9(14)6-2-3-7-8(4-6)13-11(16)10(15)12-7/h2-4H,5H2,1H3,(H,12,15)(H,13,16). The summed E-state index contributed by atoms with van der Waals surface area (Å²) >= 11 is 0. The van der Waals surface area contributed by atoms with Crippen LogP contribution in [-0.2, 0) is 9.84 Å². The van der Waals surface area contributed by atoms with E-state index in [1.54, 1.807) is 0 Å². The molecule has 2 aromatic rings. The van der Waals surface area contributed by atoms with Gasteiger partial charge in [0.15, 0.2) is 15.6 Å².